The zero-order chi connectivity index (χ0) is 26.8. The highest BCUT2D eigenvalue weighted by atomic mass is 32.2. The molecule has 0 saturated carbocycles. The molecule has 1 aromatic heterocycles. The van der Waals surface area contributed by atoms with Crippen LogP contribution >= 0.6 is 23.1 Å². The van der Waals surface area contributed by atoms with E-state index in [2.05, 4.69) is 24.0 Å². The number of ether oxygens (including phenoxy) is 1. The summed E-state index contributed by atoms with van der Waals surface area (Å²) in [5, 5.41) is 0.891. The van der Waals surface area contributed by atoms with E-state index in [1.165, 1.54) is 37.0 Å². The summed E-state index contributed by atoms with van der Waals surface area (Å²) in [7, 11) is 0. The van der Waals surface area contributed by atoms with Crippen LogP contribution in [0.4, 0.5) is 5.69 Å². The van der Waals surface area contributed by atoms with Gasteiger partial charge in [0.15, 0.2) is 5.78 Å². The highest BCUT2D eigenvalue weighted by Gasteiger charge is 2.29. The van der Waals surface area contributed by atoms with Gasteiger partial charge in [0.2, 0.25) is 0 Å². The lowest BCUT2D eigenvalue weighted by molar-refractivity contribution is -0.137. The number of hydrogen-bond acceptors (Lipinski definition) is 7. The minimum atomic E-state index is -0.644. The van der Waals surface area contributed by atoms with Crippen molar-refractivity contribution in [1.29, 1.82) is 0 Å². The average molecular weight is 545 g/mol. The van der Waals surface area contributed by atoms with E-state index in [0.29, 0.717) is 22.2 Å². The number of ketones is 1. The molecule has 1 aromatic carbocycles. The van der Waals surface area contributed by atoms with Crippen molar-refractivity contribution in [2.24, 2.45) is 0 Å². The molecule has 0 saturated heterocycles. The van der Waals surface area contributed by atoms with Crippen LogP contribution in [0, 0.1) is 0 Å². The Morgan fingerprint density at radius 1 is 0.919 bits per heavy atom. The molecule has 0 fully saturated rings. The molecular weight excluding hydrogens is 504 g/mol. The number of carbonyl (C=O) groups is 2. The van der Waals surface area contributed by atoms with Crippen molar-refractivity contribution in [3.05, 3.63) is 43.8 Å². The summed E-state index contributed by atoms with van der Waals surface area (Å²) in [5.41, 5.74) is 0.965. The number of aromatic nitrogens is 1. The Labute approximate surface area is 228 Å². The number of thioether (sulfide) groups is 1. The molecule has 0 spiro atoms. The normalized spacial score (nSPS) is 15.1. The molecule has 0 aliphatic carbocycles. The van der Waals surface area contributed by atoms with Crippen LogP contribution < -0.4 is 19.7 Å². The van der Waals surface area contributed by atoms with Crippen molar-refractivity contribution >= 4 is 51.1 Å². The molecule has 0 atom stereocenters. The van der Waals surface area contributed by atoms with Gasteiger partial charge in [0.25, 0.3) is 5.56 Å². The molecule has 0 N–H and O–H groups in total. The first kappa shape index (κ1) is 29.2. The van der Waals surface area contributed by atoms with Crippen molar-refractivity contribution < 1.29 is 14.3 Å². The number of anilines is 1. The zero-order valence-corrected chi connectivity index (χ0v) is 24.3. The van der Waals surface area contributed by atoms with Gasteiger partial charge in [0.05, 0.1) is 12.3 Å². The number of esters is 1. The minimum absolute atomic E-state index is 0.00841. The predicted octanol–water partition coefficient (Wildman–Crippen LogP) is 5.44. The minimum Gasteiger partial charge on any atom is -0.462 e. The molecule has 2 heterocycles. The standard InChI is InChI=1S/C29H40N2O4S2/c1-5-9-11-12-13-16-20-31-21-17-14-15-19-23(21)36-28(31)25-26(33)30(7-3)27(37-25)24(29(34)35-8-4)22(32)18-10-6-2/h14-15,17,19H,5-13,16,18,20H2,1-4H3/b27-24+,28-25-. The maximum absolute atomic E-state index is 13.7. The smallest absolute Gasteiger partial charge is 0.344 e. The van der Waals surface area contributed by atoms with Gasteiger partial charge in [-0.25, -0.2) is 4.79 Å². The van der Waals surface area contributed by atoms with Crippen LogP contribution in [-0.4, -0.2) is 29.5 Å². The van der Waals surface area contributed by atoms with Gasteiger partial charge in [0, 0.05) is 24.4 Å². The Morgan fingerprint density at radius 2 is 1.62 bits per heavy atom. The highest BCUT2D eigenvalue weighted by Crippen LogP contribution is 2.46. The predicted molar refractivity (Wildman–Crippen MR) is 155 cm³/mol. The number of fused-ring (bicyclic) bond motifs is 1. The van der Waals surface area contributed by atoms with E-state index in [1.807, 2.05) is 26.0 Å². The summed E-state index contributed by atoms with van der Waals surface area (Å²) in [4.78, 5) is 43.2. The second kappa shape index (κ2) is 14.6. The van der Waals surface area contributed by atoms with Crippen LogP contribution in [0.2, 0.25) is 0 Å². The van der Waals surface area contributed by atoms with E-state index in [0.717, 1.165) is 41.4 Å². The van der Waals surface area contributed by atoms with Crippen LogP contribution in [0.1, 0.15) is 85.5 Å². The monoisotopic (exact) mass is 544 g/mol. The van der Waals surface area contributed by atoms with Gasteiger partial charge >= 0.3 is 5.97 Å². The van der Waals surface area contributed by atoms with Crippen LogP contribution in [0.15, 0.2) is 34.0 Å². The number of thiazole rings is 1. The number of Topliss-reactive ketones (excluding diaryl/α,β-unsaturated/α-hetero) is 1. The quantitative estimate of drug-likeness (QED) is 0.179. The first-order valence-electron chi connectivity index (χ1n) is 13.7. The first-order valence-corrected chi connectivity index (χ1v) is 15.3. The van der Waals surface area contributed by atoms with Crippen LogP contribution in [0.25, 0.3) is 10.6 Å². The summed E-state index contributed by atoms with van der Waals surface area (Å²) < 4.78 is 7.82. The molecule has 0 amide bonds. The van der Waals surface area contributed by atoms with Gasteiger partial charge < -0.3 is 9.64 Å². The fraction of sp³-hybridized carbons (Fsp3) is 0.552. The van der Waals surface area contributed by atoms with E-state index in [1.54, 1.807) is 23.3 Å². The lowest BCUT2D eigenvalue weighted by atomic mass is 10.1. The molecule has 1 aliphatic rings. The maximum Gasteiger partial charge on any atom is 0.344 e. The summed E-state index contributed by atoms with van der Waals surface area (Å²) in [6, 6.07) is 8.23. The third kappa shape index (κ3) is 6.96. The second-order valence-corrected chi connectivity index (χ2v) is 11.2. The van der Waals surface area contributed by atoms with Gasteiger partial charge in [-0.2, -0.15) is 0 Å². The number of hydrogen-bond donors (Lipinski definition) is 0. The van der Waals surface area contributed by atoms with Crippen LogP contribution in [0.5, 0.6) is 0 Å². The number of para-hydroxylation sites is 1. The number of unbranched alkanes of at least 4 members (excludes halogenated alkanes) is 6. The number of rotatable bonds is 14. The average Bonchev–Trinajstić information content (AvgIpc) is 3.42. The third-order valence-electron chi connectivity index (χ3n) is 6.47. The fourth-order valence-corrected chi connectivity index (χ4v) is 7.06. The number of nitrogens with zero attached hydrogens (tertiary/aromatic N) is 2. The molecule has 37 heavy (non-hydrogen) atoms. The van der Waals surface area contributed by atoms with E-state index in [9.17, 15) is 14.4 Å². The van der Waals surface area contributed by atoms with Gasteiger partial charge in [-0.1, -0.05) is 76.3 Å². The molecule has 0 radical (unpaired) electrons. The van der Waals surface area contributed by atoms with E-state index >= 15 is 0 Å². The van der Waals surface area contributed by atoms with E-state index in [-0.39, 0.29) is 29.9 Å². The molecule has 3 rings (SSSR count). The maximum atomic E-state index is 13.7. The van der Waals surface area contributed by atoms with Gasteiger partial charge in [-0.05, 0) is 38.8 Å². The Hall–Kier alpha value is -2.32. The van der Waals surface area contributed by atoms with E-state index < -0.39 is 5.97 Å². The highest BCUT2D eigenvalue weighted by molar-refractivity contribution is 8.08. The zero-order valence-electron chi connectivity index (χ0n) is 22.6. The van der Waals surface area contributed by atoms with E-state index in [4.69, 9.17) is 4.74 Å². The SMILES string of the molecule is CCCCCCCCN1/C(=c2/s/c(=C(\C(=O)CCCC)C(=O)OCC)n(CC)c2=O)Sc2ccccc21. The van der Waals surface area contributed by atoms with Crippen molar-refractivity contribution in [3.63, 3.8) is 0 Å². The van der Waals surface area contributed by atoms with Crippen molar-refractivity contribution in [3.8, 4) is 0 Å². The molecule has 0 unspecified atom stereocenters. The second-order valence-electron chi connectivity index (χ2n) is 9.20. The molecule has 8 heteroatoms. The van der Waals surface area contributed by atoms with Gasteiger partial charge in [0.1, 0.15) is 19.8 Å². The van der Waals surface area contributed by atoms with Crippen molar-refractivity contribution in [2.75, 3.05) is 18.1 Å². The summed E-state index contributed by atoms with van der Waals surface area (Å²) in [5.74, 6) is -0.901. The Balaban J connectivity index is 2.14. The Kier molecular flexibility index (Phi) is 11.5. The molecule has 202 valence electrons. The van der Waals surface area contributed by atoms with Crippen LogP contribution in [-0.2, 0) is 20.9 Å². The van der Waals surface area contributed by atoms with Crippen molar-refractivity contribution in [2.45, 2.75) is 96.9 Å². The Bertz CT molecular complexity index is 1260. The third-order valence-corrected chi connectivity index (χ3v) is 8.97. The first-order chi connectivity index (χ1) is 18.0. The molecule has 6 nitrogen and oxygen atoms in total. The number of carbonyl (C=O) groups excluding carboxylic acids is 2. The molecule has 0 bridgehead atoms. The molecule has 1 aliphatic heterocycles. The van der Waals surface area contributed by atoms with Crippen LogP contribution in [0.3, 0.4) is 0 Å². The topological polar surface area (TPSA) is 68.6 Å². The molecular formula is C29H40N2O4S2. The molecule has 2 aromatic rings. The summed E-state index contributed by atoms with van der Waals surface area (Å²) >= 11 is 2.85. The number of benzene rings is 1. The lowest BCUT2D eigenvalue weighted by Crippen LogP contribution is -2.36. The lowest BCUT2D eigenvalue weighted by Gasteiger charge is -2.19. The summed E-state index contributed by atoms with van der Waals surface area (Å²) in [6.45, 7) is 9.20. The Morgan fingerprint density at radius 3 is 2.32 bits per heavy atom. The fourth-order valence-electron chi connectivity index (χ4n) is 4.48. The summed E-state index contributed by atoms with van der Waals surface area (Å²) in [6.07, 6.45) is 8.95. The van der Waals surface area contributed by atoms with Crippen molar-refractivity contribution in [1.82, 2.24) is 4.57 Å². The van der Waals surface area contributed by atoms with Gasteiger partial charge in [-0.15, -0.1) is 11.3 Å². The van der Waals surface area contributed by atoms with Gasteiger partial charge in [-0.3, -0.25) is 14.2 Å². The largest absolute Gasteiger partial charge is 0.462 e.